The van der Waals surface area contributed by atoms with Crippen molar-refractivity contribution in [2.75, 3.05) is 6.61 Å². The number of benzene rings is 3. The summed E-state index contributed by atoms with van der Waals surface area (Å²) in [6.45, 7) is 8.47. The molecule has 5 rings (SSSR count). The zero-order valence-corrected chi connectivity index (χ0v) is 20.2. The maximum absolute atomic E-state index is 13.3. The predicted molar refractivity (Wildman–Crippen MR) is 137 cm³/mol. The van der Waals surface area contributed by atoms with Crippen LogP contribution in [0.3, 0.4) is 0 Å². The molecule has 0 spiro atoms. The molecule has 1 aliphatic heterocycles. The Hall–Kier alpha value is -4.19. The number of hydrogen-bond donors (Lipinski definition) is 0. The number of carbonyl (C=O) groups is 2. The molecule has 4 aromatic rings. The second-order valence-corrected chi connectivity index (χ2v) is 8.63. The highest BCUT2D eigenvalue weighted by Gasteiger charge is 2.27. The Morgan fingerprint density at radius 1 is 1.11 bits per heavy atom. The molecule has 6 heteroatoms. The lowest BCUT2D eigenvalue weighted by Gasteiger charge is -2.06. The highest BCUT2D eigenvalue weighted by atomic mass is 16.7. The first-order chi connectivity index (χ1) is 16.9. The summed E-state index contributed by atoms with van der Waals surface area (Å²) in [5.41, 5.74) is 6.15. The summed E-state index contributed by atoms with van der Waals surface area (Å²) in [6, 6.07) is 17.4. The van der Waals surface area contributed by atoms with Crippen LogP contribution in [0.4, 0.5) is 0 Å². The minimum atomic E-state index is -0.489. The van der Waals surface area contributed by atoms with Gasteiger partial charge in [0, 0.05) is 39.7 Å². The van der Waals surface area contributed by atoms with Gasteiger partial charge in [0.15, 0.2) is 5.78 Å². The summed E-state index contributed by atoms with van der Waals surface area (Å²) in [7, 11) is 0. The molecule has 0 aliphatic carbocycles. The number of oxime groups is 1. The van der Waals surface area contributed by atoms with Gasteiger partial charge in [-0.2, -0.15) is 0 Å². The lowest BCUT2D eigenvalue weighted by Crippen LogP contribution is -2.07. The molecule has 0 radical (unpaired) electrons. The molecule has 0 saturated heterocycles. The molecule has 0 amide bonds. The molecule has 0 bridgehead atoms. The summed E-state index contributed by atoms with van der Waals surface area (Å²) in [5.74, 6) is 0.193. The highest BCUT2D eigenvalue weighted by Crippen LogP contribution is 2.41. The number of hydrogen-bond acceptors (Lipinski definition) is 5. The average molecular weight is 467 g/mol. The van der Waals surface area contributed by atoms with Crippen LogP contribution in [0.15, 0.2) is 71.4 Å². The van der Waals surface area contributed by atoms with Gasteiger partial charge in [-0.15, -0.1) is 0 Å². The second kappa shape index (κ2) is 8.87. The van der Waals surface area contributed by atoms with Crippen molar-refractivity contribution < 1.29 is 19.2 Å². The number of ether oxygens (including phenoxy) is 1. The molecule has 35 heavy (non-hydrogen) atoms. The average Bonchev–Trinajstić information content (AvgIpc) is 3.44. The lowest BCUT2D eigenvalue weighted by molar-refractivity contribution is -0.139. The van der Waals surface area contributed by atoms with E-state index in [2.05, 4.69) is 16.6 Å². The number of nitrogens with zero attached hydrogens (tertiary/aromatic N) is 2. The van der Waals surface area contributed by atoms with E-state index in [0.29, 0.717) is 28.2 Å². The van der Waals surface area contributed by atoms with Gasteiger partial charge < -0.3 is 14.1 Å². The number of aromatic nitrogens is 1. The van der Waals surface area contributed by atoms with Crippen LogP contribution >= 0.6 is 0 Å². The zero-order valence-electron chi connectivity index (χ0n) is 20.2. The van der Waals surface area contributed by atoms with Crippen LogP contribution < -0.4 is 4.74 Å². The summed E-state index contributed by atoms with van der Waals surface area (Å²) >= 11 is 0. The largest absolute Gasteiger partial charge is 0.486 e. The van der Waals surface area contributed by atoms with Crippen molar-refractivity contribution >= 4 is 39.3 Å². The smallest absolute Gasteiger partial charge is 0.361 e. The molecule has 6 nitrogen and oxygen atoms in total. The number of aryl methyl sites for hydroxylation is 2. The normalized spacial score (nSPS) is 14.4. The summed E-state index contributed by atoms with van der Waals surface area (Å²) < 4.78 is 8.29. The quantitative estimate of drug-likeness (QED) is 0.157. The SMILES string of the molecule is C/C=C(\C)C(=O)O/N=C1\COc2c1ccc1c2c2cc(C(=O)c3ccccc3C)ccc2n1CC. The number of carbonyl (C=O) groups excluding carboxylic acids is 2. The fraction of sp³-hybridized carbons (Fsp3) is 0.207. The monoisotopic (exact) mass is 466 g/mol. The first-order valence-corrected chi connectivity index (χ1v) is 11.7. The van der Waals surface area contributed by atoms with Gasteiger partial charge in [-0.05, 0) is 63.6 Å². The Balaban J connectivity index is 1.65. The number of fused-ring (bicyclic) bond motifs is 5. The van der Waals surface area contributed by atoms with Gasteiger partial charge in [0.25, 0.3) is 0 Å². The molecule has 176 valence electrons. The zero-order chi connectivity index (χ0) is 24.7. The minimum Gasteiger partial charge on any atom is -0.486 e. The van der Waals surface area contributed by atoms with Crippen LogP contribution in [0.1, 0.15) is 47.8 Å². The third kappa shape index (κ3) is 3.71. The van der Waals surface area contributed by atoms with Crippen molar-refractivity contribution in [3.05, 3.63) is 88.5 Å². The first-order valence-electron chi connectivity index (χ1n) is 11.7. The van der Waals surface area contributed by atoms with E-state index in [1.807, 2.05) is 61.5 Å². The van der Waals surface area contributed by atoms with E-state index in [0.717, 1.165) is 39.5 Å². The van der Waals surface area contributed by atoms with E-state index in [4.69, 9.17) is 9.57 Å². The van der Waals surface area contributed by atoms with Crippen molar-refractivity contribution in [3.8, 4) is 5.75 Å². The predicted octanol–water partition coefficient (Wildman–Crippen LogP) is 5.96. The van der Waals surface area contributed by atoms with Crippen LogP contribution in [0.2, 0.25) is 0 Å². The van der Waals surface area contributed by atoms with Crippen LogP contribution in [-0.2, 0) is 16.2 Å². The summed E-state index contributed by atoms with van der Waals surface area (Å²) in [5, 5.41) is 5.96. The molecular formula is C29H26N2O4. The molecule has 0 unspecified atom stereocenters. The molecule has 0 fully saturated rings. The van der Waals surface area contributed by atoms with E-state index in [1.54, 1.807) is 19.9 Å². The Morgan fingerprint density at radius 3 is 2.63 bits per heavy atom. The highest BCUT2D eigenvalue weighted by molar-refractivity contribution is 6.20. The van der Waals surface area contributed by atoms with E-state index in [1.165, 1.54) is 0 Å². The third-order valence-electron chi connectivity index (χ3n) is 6.61. The fourth-order valence-electron chi connectivity index (χ4n) is 4.58. The Bertz CT molecular complexity index is 1570. The third-order valence-corrected chi connectivity index (χ3v) is 6.61. The van der Waals surface area contributed by atoms with Crippen molar-refractivity contribution in [3.63, 3.8) is 0 Å². The van der Waals surface area contributed by atoms with E-state index < -0.39 is 5.97 Å². The van der Waals surface area contributed by atoms with Crippen molar-refractivity contribution in [2.45, 2.75) is 34.2 Å². The van der Waals surface area contributed by atoms with E-state index in [-0.39, 0.29) is 12.4 Å². The molecule has 3 aromatic carbocycles. The fourth-order valence-corrected chi connectivity index (χ4v) is 4.58. The van der Waals surface area contributed by atoms with Gasteiger partial charge in [0.2, 0.25) is 0 Å². The molecule has 0 saturated carbocycles. The van der Waals surface area contributed by atoms with Gasteiger partial charge in [0.1, 0.15) is 18.1 Å². The molecule has 2 heterocycles. The molecular weight excluding hydrogens is 440 g/mol. The Kier molecular flexibility index (Phi) is 5.73. The number of allylic oxidation sites excluding steroid dienone is 1. The van der Waals surface area contributed by atoms with Crippen LogP contribution in [0.5, 0.6) is 5.75 Å². The summed E-state index contributed by atoms with van der Waals surface area (Å²) in [4.78, 5) is 30.5. The van der Waals surface area contributed by atoms with Gasteiger partial charge in [0.05, 0.1) is 10.9 Å². The van der Waals surface area contributed by atoms with Gasteiger partial charge in [-0.25, -0.2) is 4.79 Å². The maximum Gasteiger partial charge on any atom is 0.361 e. The Morgan fingerprint density at radius 2 is 1.89 bits per heavy atom. The van der Waals surface area contributed by atoms with Crippen molar-refractivity contribution in [1.82, 2.24) is 4.57 Å². The van der Waals surface area contributed by atoms with Gasteiger partial charge in [-0.1, -0.05) is 35.5 Å². The maximum atomic E-state index is 13.3. The number of rotatable bonds is 5. The molecule has 0 atom stereocenters. The van der Waals surface area contributed by atoms with Crippen LogP contribution in [-0.4, -0.2) is 28.6 Å². The number of ketones is 1. The lowest BCUT2D eigenvalue weighted by atomic mass is 9.97. The van der Waals surface area contributed by atoms with E-state index >= 15 is 0 Å². The second-order valence-electron chi connectivity index (χ2n) is 8.63. The molecule has 1 aromatic heterocycles. The van der Waals surface area contributed by atoms with E-state index in [9.17, 15) is 9.59 Å². The molecule has 0 N–H and O–H groups in total. The van der Waals surface area contributed by atoms with Crippen molar-refractivity contribution in [1.29, 1.82) is 0 Å². The standard InChI is InChI=1S/C29H26N2O4/c1-5-17(3)29(33)35-30-23-16-34-28-21(23)12-14-25-26(28)22-15-19(11-13-24(22)31(25)6-2)27(32)20-10-8-7-9-18(20)4/h5,7-15H,6,16H2,1-4H3/b17-5+,30-23+. The first kappa shape index (κ1) is 22.6. The minimum absolute atomic E-state index is 0.00981. The Labute approximate surface area is 203 Å². The van der Waals surface area contributed by atoms with Crippen LogP contribution in [0, 0.1) is 6.92 Å². The topological polar surface area (TPSA) is 69.9 Å². The molecule has 1 aliphatic rings. The van der Waals surface area contributed by atoms with Gasteiger partial charge >= 0.3 is 5.97 Å². The van der Waals surface area contributed by atoms with Crippen LogP contribution in [0.25, 0.3) is 21.8 Å². The summed E-state index contributed by atoms with van der Waals surface area (Å²) in [6.07, 6.45) is 1.68. The van der Waals surface area contributed by atoms with Gasteiger partial charge in [-0.3, -0.25) is 4.79 Å². The van der Waals surface area contributed by atoms with Crippen molar-refractivity contribution in [2.24, 2.45) is 5.16 Å².